The topological polar surface area (TPSA) is 130 Å². The molecular weight excluding hydrogens is 266 g/mol. The molecule has 0 saturated heterocycles. The Morgan fingerprint density at radius 2 is 2.10 bits per heavy atom. The minimum atomic E-state index is -1.40. The highest BCUT2D eigenvalue weighted by atomic mass is 16.4. The SMILES string of the molecule is Cc1c(C(=O)NC(C(=O)O)C(C)O)cnc2ncnn12. The minimum Gasteiger partial charge on any atom is -0.480 e. The predicted molar refractivity (Wildman–Crippen MR) is 66.1 cm³/mol. The number of hydrogen-bond donors (Lipinski definition) is 3. The molecule has 2 aromatic heterocycles. The molecule has 1 amide bonds. The number of amides is 1. The maximum atomic E-state index is 12.1. The van der Waals surface area contributed by atoms with Crippen molar-refractivity contribution in [2.45, 2.75) is 26.0 Å². The lowest BCUT2D eigenvalue weighted by atomic mass is 10.1. The van der Waals surface area contributed by atoms with Gasteiger partial charge in [0.15, 0.2) is 6.04 Å². The fourth-order valence-electron chi connectivity index (χ4n) is 1.72. The van der Waals surface area contributed by atoms with E-state index in [1.807, 2.05) is 0 Å². The third kappa shape index (κ3) is 2.43. The van der Waals surface area contributed by atoms with Gasteiger partial charge >= 0.3 is 5.97 Å². The smallest absolute Gasteiger partial charge is 0.328 e. The number of carboxylic acids is 1. The van der Waals surface area contributed by atoms with Gasteiger partial charge in [0.1, 0.15) is 6.33 Å². The van der Waals surface area contributed by atoms with Gasteiger partial charge in [0.25, 0.3) is 11.7 Å². The number of nitrogens with zero attached hydrogens (tertiary/aromatic N) is 4. The number of aliphatic hydroxyl groups is 1. The number of carbonyl (C=O) groups excluding carboxylic acids is 1. The van der Waals surface area contributed by atoms with E-state index in [1.165, 1.54) is 24.0 Å². The molecule has 0 radical (unpaired) electrons. The first-order valence-corrected chi connectivity index (χ1v) is 5.79. The van der Waals surface area contributed by atoms with E-state index in [4.69, 9.17) is 5.11 Å². The Bertz CT molecular complexity index is 666. The second-order valence-corrected chi connectivity index (χ2v) is 4.26. The number of nitrogens with one attached hydrogen (secondary N) is 1. The predicted octanol–water partition coefficient (Wildman–Crippen LogP) is -1.00. The Morgan fingerprint density at radius 1 is 1.40 bits per heavy atom. The number of aliphatic carboxylic acids is 1. The number of aromatic nitrogens is 4. The zero-order chi connectivity index (χ0) is 14.9. The highest BCUT2D eigenvalue weighted by molar-refractivity contribution is 5.97. The minimum absolute atomic E-state index is 0.162. The van der Waals surface area contributed by atoms with Crippen molar-refractivity contribution < 1.29 is 19.8 Å². The molecule has 2 atom stereocenters. The molecule has 0 saturated carbocycles. The lowest BCUT2D eigenvalue weighted by Gasteiger charge is -2.17. The second-order valence-electron chi connectivity index (χ2n) is 4.26. The quantitative estimate of drug-likeness (QED) is 0.654. The lowest BCUT2D eigenvalue weighted by Crippen LogP contribution is -2.47. The molecule has 2 rings (SSSR count). The Balaban J connectivity index is 2.31. The number of aliphatic hydroxyl groups excluding tert-OH is 1. The number of aryl methyl sites for hydroxylation is 1. The van der Waals surface area contributed by atoms with Crippen LogP contribution in [0.15, 0.2) is 12.5 Å². The number of rotatable bonds is 4. The van der Waals surface area contributed by atoms with Crippen LogP contribution in [0.1, 0.15) is 23.0 Å². The summed E-state index contributed by atoms with van der Waals surface area (Å²) in [4.78, 5) is 30.8. The summed E-state index contributed by atoms with van der Waals surface area (Å²) in [6.45, 7) is 2.92. The maximum absolute atomic E-state index is 12.1. The average molecular weight is 279 g/mol. The summed E-state index contributed by atoms with van der Waals surface area (Å²) in [5, 5.41) is 24.4. The van der Waals surface area contributed by atoms with E-state index in [0.29, 0.717) is 11.5 Å². The van der Waals surface area contributed by atoms with Crippen molar-refractivity contribution in [2.75, 3.05) is 0 Å². The van der Waals surface area contributed by atoms with Crippen molar-refractivity contribution in [3.05, 3.63) is 23.8 Å². The Morgan fingerprint density at radius 3 is 2.70 bits per heavy atom. The Hall–Kier alpha value is -2.55. The summed E-state index contributed by atoms with van der Waals surface area (Å²) < 4.78 is 1.37. The van der Waals surface area contributed by atoms with E-state index in [2.05, 4.69) is 20.4 Å². The van der Waals surface area contributed by atoms with Crippen LogP contribution in [0.2, 0.25) is 0 Å². The van der Waals surface area contributed by atoms with Gasteiger partial charge in [-0.05, 0) is 13.8 Å². The third-order valence-corrected chi connectivity index (χ3v) is 2.83. The largest absolute Gasteiger partial charge is 0.480 e. The molecule has 0 fully saturated rings. The van der Waals surface area contributed by atoms with E-state index in [9.17, 15) is 14.7 Å². The summed E-state index contributed by atoms with van der Waals surface area (Å²) >= 11 is 0. The standard InChI is InChI=1S/C11H13N5O4/c1-5-7(3-12-11-13-4-14-16(5)11)9(18)15-8(6(2)17)10(19)20/h3-4,6,8,17H,1-2H3,(H,15,18)(H,19,20). The number of fused-ring (bicyclic) bond motifs is 1. The molecule has 20 heavy (non-hydrogen) atoms. The molecule has 0 aliphatic carbocycles. The van der Waals surface area contributed by atoms with Gasteiger partial charge < -0.3 is 15.5 Å². The van der Waals surface area contributed by atoms with E-state index in [0.717, 1.165) is 0 Å². The van der Waals surface area contributed by atoms with Crippen LogP contribution in [-0.2, 0) is 4.79 Å². The average Bonchev–Trinajstić information content (AvgIpc) is 2.84. The summed E-state index contributed by atoms with van der Waals surface area (Å²) in [6, 6.07) is -1.40. The van der Waals surface area contributed by atoms with Crippen molar-refractivity contribution in [3.8, 4) is 0 Å². The van der Waals surface area contributed by atoms with E-state index >= 15 is 0 Å². The fourth-order valence-corrected chi connectivity index (χ4v) is 1.72. The molecule has 0 aliphatic rings. The summed E-state index contributed by atoms with van der Waals surface area (Å²) in [5.74, 6) is -1.63. The molecule has 2 unspecified atom stereocenters. The van der Waals surface area contributed by atoms with Gasteiger partial charge in [0.05, 0.1) is 17.4 Å². The van der Waals surface area contributed by atoms with Crippen LogP contribution in [-0.4, -0.2) is 53.8 Å². The highest BCUT2D eigenvalue weighted by Gasteiger charge is 2.26. The highest BCUT2D eigenvalue weighted by Crippen LogP contribution is 2.08. The normalized spacial score (nSPS) is 13.9. The van der Waals surface area contributed by atoms with Crippen LogP contribution in [0.4, 0.5) is 0 Å². The van der Waals surface area contributed by atoms with Crippen LogP contribution >= 0.6 is 0 Å². The van der Waals surface area contributed by atoms with Crippen molar-refractivity contribution in [1.29, 1.82) is 0 Å². The second kappa shape index (κ2) is 5.21. The Labute approximate surface area is 113 Å². The third-order valence-electron chi connectivity index (χ3n) is 2.83. The van der Waals surface area contributed by atoms with Gasteiger partial charge in [-0.15, -0.1) is 0 Å². The van der Waals surface area contributed by atoms with Gasteiger partial charge in [-0.3, -0.25) is 4.79 Å². The van der Waals surface area contributed by atoms with E-state index < -0.39 is 24.0 Å². The number of hydrogen-bond acceptors (Lipinski definition) is 6. The Kier molecular flexibility index (Phi) is 3.61. The molecule has 106 valence electrons. The first-order valence-electron chi connectivity index (χ1n) is 5.79. The zero-order valence-corrected chi connectivity index (χ0v) is 10.8. The summed E-state index contributed by atoms with van der Waals surface area (Å²) in [6.07, 6.45) is 1.36. The van der Waals surface area contributed by atoms with Crippen LogP contribution < -0.4 is 5.32 Å². The molecule has 3 N–H and O–H groups in total. The monoisotopic (exact) mass is 279 g/mol. The zero-order valence-electron chi connectivity index (χ0n) is 10.8. The molecule has 0 spiro atoms. The van der Waals surface area contributed by atoms with E-state index in [1.54, 1.807) is 6.92 Å². The molecule has 2 heterocycles. The van der Waals surface area contributed by atoms with Crippen molar-refractivity contribution in [3.63, 3.8) is 0 Å². The molecule has 2 aromatic rings. The molecule has 9 nitrogen and oxygen atoms in total. The molecular formula is C11H13N5O4. The van der Waals surface area contributed by atoms with Crippen LogP contribution in [0.5, 0.6) is 0 Å². The van der Waals surface area contributed by atoms with Crippen LogP contribution in [0.25, 0.3) is 5.78 Å². The number of carbonyl (C=O) groups is 2. The first-order chi connectivity index (χ1) is 9.41. The maximum Gasteiger partial charge on any atom is 0.328 e. The molecule has 0 bridgehead atoms. The first kappa shape index (κ1) is 13.9. The van der Waals surface area contributed by atoms with Crippen molar-refractivity contribution >= 4 is 17.7 Å². The summed E-state index contributed by atoms with van der Waals surface area (Å²) in [5.41, 5.74) is 0.634. The molecule has 0 aliphatic heterocycles. The van der Waals surface area contributed by atoms with Gasteiger partial charge in [0, 0.05) is 6.20 Å². The lowest BCUT2D eigenvalue weighted by molar-refractivity contribution is -0.141. The van der Waals surface area contributed by atoms with Crippen LogP contribution in [0, 0.1) is 6.92 Å². The molecule has 9 heteroatoms. The summed E-state index contributed by atoms with van der Waals surface area (Å²) in [7, 11) is 0. The van der Waals surface area contributed by atoms with Crippen molar-refractivity contribution in [2.24, 2.45) is 0 Å². The van der Waals surface area contributed by atoms with E-state index in [-0.39, 0.29) is 5.56 Å². The van der Waals surface area contributed by atoms with Gasteiger partial charge in [-0.1, -0.05) is 0 Å². The number of carboxylic acid groups (broad SMARTS) is 1. The van der Waals surface area contributed by atoms with Crippen LogP contribution in [0.3, 0.4) is 0 Å². The van der Waals surface area contributed by atoms with Crippen molar-refractivity contribution in [1.82, 2.24) is 24.9 Å². The van der Waals surface area contributed by atoms with Gasteiger partial charge in [0.2, 0.25) is 0 Å². The van der Waals surface area contributed by atoms with Gasteiger partial charge in [-0.25, -0.2) is 14.3 Å². The molecule has 0 aromatic carbocycles. The fraction of sp³-hybridized carbons (Fsp3) is 0.364. The van der Waals surface area contributed by atoms with Gasteiger partial charge in [-0.2, -0.15) is 10.1 Å².